The SMILES string of the molecule is CS(=O)(=O)c1cc(CN=C(N)NC2CCCCC2)cc(C(F)(F)F)c1. The molecule has 0 bridgehead atoms. The number of halogens is 3. The van der Waals surface area contributed by atoms with Crippen LogP contribution in [0.15, 0.2) is 28.1 Å². The predicted molar refractivity (Wildman–Crippen MR) is 89.9 cm³/mol. The van der Waals surface area contributed by atoms with Crippen molar-refractivity contribution in [3.05, 3.63) is 29.3 Å². The second kappa shape index (κ2) is 7.63. The monoisotopic (exact) mass is 377 g/mol. The average Bonchev–Trinajstić information content (AvgIpc) is 2.52. The number of benzene rings is 1. The van der Waals surface area contributed by atoms with Crippen molar-refractivity contribution < 1.29 is 21.6 Å². The second-order valence-corrected chi connectivity index (χ2v) is 8.33. The Morgan fingerprint density at radius 1 is 1.24 bits per heavy atom. The Morgan fingerprint density at radius 3 is 2.44 bits per heavy atom. The Morgan fingerprint density at radius 2 is 1.88 bits per heavy atom. The lowest BCUT2D eigenvalue weighted by molar-refractivity contribution is -0.137. The summed E-state index contributed by atoms with van der Waals surface area (Å²) in [5.74, 6) is 0.158. The van der Waals surface area contributed by atoms with Crippen LogP contribution in [-0.2, 0) is 22.6 Å². The fourth-order valence-corrected chi connectivity index (χ4v) is 3.51. The van der Waals surface area contributed by atoms with Gasteiger partial charge in [-0.25, -0.2) is 13.4 Å². The summed E-state index contributed by atoms with van der Waals surface area (Å²) in [5.41, 5.74) is 4.93. The summed E-state index contributed by atoms with van der Waals surface area (Å²) in [6.45, 7) is -0.127. The minimum Gasteiger partial charge on any atom is -0.370 e. The van der Waals surface area contributed by atoms with E-state index in [1.807, 2.05) is 0 Å². The van der Waals surface area contributed by atoms with Crippen molar-refractivity contribution in [3.63, 3.8) is 0 Å². The molecule has 0 saturated heterocycles. The lowest BCUT2D eigenvalue weighted by atomic mass is 9.96. The van der Waals surface area contributed by atoms with Crippen LogP contribution >= 0.6 is 0 Å². The summed E-state index contributed by atoms with van der Waals surface area (Å²) in [6.07, 6.45) is 1.61. The summed E-state index contributed by atoms with van der Waals surface area (Å²) in [5, 5.41) is 3.07. The molecule has 5 nitrogen and oxygen atoms in total. The molecule has 0 spiro atoms. The van der Waals surface area contributed by atoms with E-state index in [0.29, 0.717) is 6.07 Å². The smallest absolute Gasteiger partial charge is 0.370 e. The van der Waals surface area contributed by atoms with E-state index < -0.39 is 21.6 Å². The number of rotatable bonds is 4. The number of nitrogens with two attached hydrogens (primary N) is 1. The zero-order chi connectivity index (χ0) is 18.7. The van der Waals surface area contributed by atoms with Crippen LogP contribution in [0.3, 0.4) is 0 Å². The molecule has 0 atom stereocenters. The van der Waals surface area contributed by atoms with E-state index in [0.717, 1.165) is 38.0 Å². The molecule has 0 amide bonds. The van der Waals surface area contributed by atoms with Crippen molar-refractivity contribution in [3.8, 4) is 0 Å². The molecule has 1 fully saturated rings. The van der Waals surface area contributed by atoms with Gasteiger partial charge in [0.1, 0.15) is 0 Å². The Balaban J connectivity index is 2.18. The molecule has 1 aromatic carbocycles. The molecule has 3 N–H and O–H groups in total. The molecule has 0 heterocycles. The molecule has 0 unspecified atom stereocenters. The first-order valence-electron chi connectivity index (χ1n) is 8.03. The summed E-state index contributed by atoms with van der Waals surface area (Å²) in [7, 11) is -3.76. The van der Waals surface area contributed by atoms with Gasteiger partial charge in [0.25, 0.3) is 0 Å². The van der Waals surface area contributed by atoms with Crippen LogP contribution < -0.4 is 11.1 Å². The number of alkyl halides is 3. The van der Waals surface area contributed by atoms with Crippen LogP contribution in [0, 0.1) is 0 Å². The highest BCUT2D eigenvalue weighted by Crippen LogP contribution is 2.32. The lowest BCUT2D eigenvalue weighted by Crippen LogP contribution is -2.41. The molecule has 0 aliphatic heterocycles. The summed E-state index contributed by atoms with van der Waals surface area (Å²) < 4.78 is 62.2. The van der Waals surface area contributed by atoms with Crippen LogP contribution in [0.2, 0.25) is 0 Å². The van der Waals surface area contributed by atoms with Gasteiger partial charge in [0.2, 0.25) is 0 Å². The summed E-state index contributed by atoms with van der Waals surface area (Å²) in [4.78, 5) is 3.67. The van der Waals surface area contributed by atoms with Gasteiger partial charge in [-0.3, -0.25) is 0 Å². The van der Waals surface area contributed by atoms with Crippen molar-refractivity contribution >= 4 is 15.8 Å². The maximum Gasteiger partial charge on any atom is 0.416 e. The van der Waals surface area contributed by atoms with Gasteiger partial charge in [0, 0.05) is 12.3 Å². The van der Waals surface area contributed by atoms with Crippen molar-refractivity contribution in [1.29, 1.82) is 0 Å². The maximum absolute atomic E-state index is 13.0. The number of sulfone groups is 1. The number of aliphatic imine (C=N–C) groups is 1. The van der Waals surface area contributed by atoms with Gasteiger partial charge in [-0.1, -0.05) is 19.3 Å². The van der Waals surface area contributed by atoms with E-state index in [9.17, 15) is 21.6 Å². The second-order valence-electron chi connectivity index (χ2n) is 6.32. The van der Waals surface area contributed by atoms with Gasteiger partial charge in [-0.2, -0.15) is 13.2 Å². The largest absolute Gasteiger partial charge is 0.416 e. The Bertz CT molecular complexity index is 739. The Hall–Kier alpha value is -1.77. The summed E-state index contributed by atoms with van der Waals surface area (Å²) in [6, 6.07) is 2.95. The minimum absolute atomic E-state index is 0.127. The van der Waals surface area contributed by atoms with E-state index in [-0.39, 0.29) is 29.0 Å². The number of hydrogen-bond acceptors (Lipinski definition) is 3. The minimum atomic E-state index is -4.63. The van der Waals surface area contributed by atoms with Crippen LogP contribution in [-0.4, -0.2) is 26.7 Å². The van der Waals surface area contributed by atoms with Crippen LogP contribution in [0.4, 0.5) is 13.2 Å². The third-order valence-corrected chi connectivity index (χ3v) is 5.20. The molecule has 140 valence electrons. The van der Waals surface area contributed by atoms with Gasteiger partial charge >= 0.3 is 6.18 Å². The Labute approximate surface area is 145 Å². The highest BCUT2D eigenvalue weighted by Gasteiger charge is 2.32. The van der Waals surface area contributed by atoms with Gasteiger partial charge in [0.05, 0.1) is 17.0 Å². The number of nitrogens with one attached hydrogen (secondary N) is 1. The molecule has 9 heteroatoms. The molecule has 1 saturated carbocycles. The highest BCUT2D eigenvalue weighted by molar-refractivity contribution is 7.90. The third kappa shape index (κ3) is 5.91. The predicted octanol–water partition coefficient (Wildman–Crippen LogP) is 2.85. The molecule has 0 radical (unpaired) electrons. The number of guanidine groups is 1. The van der Waals surface area contributed by atoms with Crippen LogP contribution in [0.25, 0.3) is 0 Å². The molecule has 2 rings (SSSR count). The first-order valence-corrected chi connectivity index (χ1v) is 9.92. The number of nitrogens with zero attached hydrogens (tertiary/aromatic N) is 1. The van der Waals surface area contributed by atoms with Crippen LogP contribution in [0.1, 0.15) is 43.2 Å². The van der Waals surface area contributed by atoms with E-state index in [2.05, 4.69) is 10.3 Å². The molecular formula is C16H22F3N3O2S. The van der Waals surface area contributed by atoms with E-state index >= 15 is 0 Å². The number of hydrogen-bond donors (Lipinski definition) is 2. The van der Waals surface area contributed by atoms with Gasteiger partial charge in [-0.15, -0.1) is 0 Å². The highest BCUT2D eigenvalue weighted by atomic mass is 32.2. The molecule has 1 aromatic rings. The first-order chi connectivity index (χ1) is 11.6. The van der Waals surface area contributed by atoms with E-state index in [1.54, 1.807) is 0 Å². The zero-order valence-electron chi connectivity index (χ0n) is 13.9. The third-order valence-electron chi connectivity index (χ3n) is 4.11. The maximum atomic E-state index is 13.0. The van der Waals surface area contributed by atoms with E-state index in [4.69, 9.17) is 5.73 Å². The normalized spacial score (nSPS) is 17.5. The average molecular weight is 377 g/mol. The topological polar surface area (TPSA) is 84.5 Å². The van der Waals surface area contributed by atoms with Crippen molar-refractivity contribution in [2.24, 2.45) is 10.7 Å². The Kier molecular flexibility index (Phi) is 5.97. The molecule has 0 aromatic heterocycles. The van der Waals surface area contributed by atoms with Gasteiger partial charge < -0.3 is 11.1 Å². The molecular weight excluding hydrogens is 355 g/mol. The summed E-state index contributed by atoms with van der Waals surface area (Å²) >= 11 is 0. The van der Waals surface area contributed by atoms with Crippen LogP contribution in [0.5, 0.6) is 0 Å². The standard InChI is InChI=1S/C16H22F3N3O2S/c1-25(23,24)14-8-11(7-12(9-14)16(17,18)19)10-21-15(20)22-13-5-3-2-4-6-13/h7-9,13H,2-6,10H2,1H3,(H3,20,21,22). The van der Waals surface area contributed by atoms with Gasteiger partial charge in [-0.05, 0) is 36.6 Å². The molecule has 1 aliphatic rings. The lowest BCUT2D eigenvalue weighted by Gasteiger charge is -2.23. The molecule has 25 heavy (non-hydrogen) atoms. The fraction of sp³-hybridized carbons (Fsp3) is 0.562. The van der Waals surface area contributed by atoms with Gasteiger partial charge in [0.15, 0.2) is 15.8 Å². The van der Waals surface area contributed by atoms with Crippen molar-refractivity contribution in [1.82, 2.24) is 5.32 Å². The first kappa shape index (κ1) is 19.6. The van der Waals surface area contributed by atoms with E-state index in [1.165, 1.54) is 12.5 Å². The molecule has 1 aliphatic carbocycles. The quantitative estimate of drug-likeness (QED) is 0.624. The van der Waals surface area contributed by atoms with Crippen molar-refractivity contribution in [2.45, 2.75) is 55.8 Å². The fourth-order valence-electron chi connectivity index (χ4n) is 2.81. The zero-order valence-corrected chi connectivity index (χ0v) is 14.8. The van der Waals surface area contributed by atoms with Crippen molar-refractivity contribution in [2.75, 3.05) is 6.26 Å².